The number of anilines is 1. The summed E-state index contributed by atoms with van der Waals surface area (Å²) in [6.07, 6.45) is 4.14. The lowest BCUT2D eigenvalue weighted by Crippen LogP contribution is -2.22. The van der Waals surface area contributed by atoms with Gasteiger partial charge in [-0.2, -0.15) is 0 Å². The number of ether oxygens (including phenoxy) is 1. The maximum atomic E-state index is 5.39. The highest BCUT2D eigenvalue weighted by Crippen LogP contribution is 2.28. The van der Waals surface area contributed by atoms with Crippen molar-refractivity contribution >= 4 is 32.5 Å². The predicted molar refractivity (Wildman–Crippen MR) is 81.5 cm³/mol. The van der Waals surface area contributed by atoms with Gasteiger partial charge in [0.25, 0.3) is 0 Å². The van der Waals surface area contributed by atoms with Gasteiger partial charge in [0, 0.05) is 41.2 Å². The van der Waals surface area contributed by atoms with E-state index < -0.39 is 0 Å². The van der Waals surface area contributed by atoms with Crippen LogP contribution in [-0.2, 0) is 4.74 Å². The second-order valence-corrected chi connectivity index (χ2v) is 5.79. The zero-order chi connectivity index (χ0) is 13.1. The highest BCUT2D eigenvalue weighted by Gasteiger charge is 2.14. The minimum absolute atomic E-state index is 0.693. The van der Waals surface area contributed by atoms with E-state index in [1.165, 1.54) is 10.8 Å². The van der Waals surface area contributed by atoms with Gasteiger partial charge in [-0.05, 0) is 30.9 Å². The fraction of sp³-hybridized carbons (Fsp3) is 0.400. The van der Waals surface area contributed by atoms with E-state index >= 15 is 0 Å². The number of hydrogen-bond acceptors (Lipinski definition) is 3. The smallest absolute Gasteiger partial charge is 0.133 e. The van der Waals surface area contributed by atoms with Crippen molar-refractivity contribution in [1.82, 2.24) is 4.98 Å². The fourth-order valence-electron chi connectivity index (χ4n) is 2.50. The Hall–Kier alpha value is -1.13. The van der Waals surface area contributed by atoms with E-state index in [2.05, 4.69) is 38.4 Å². The minimum Gasteiger partial charge on any atom is -0.381 e. The molecule has 19 heavy (non-hydrogen) atoms. The molecule has 1 fully saturated rings. The Bertz CT molecular complexity index is 567. The Morgan fingerprint density at radius 3 is 2.89 bits per heavy atom. The van der Waals surface area contributed by atoms with Crippen LogP contribution in [0, 0.1) is 5.92 Å². The van der Waals surface area contributed by atoms with Crippen molar-refractivity contribution < 1.29 is 4.74 Å². The molecular formula is C15H17BrN2O. The van der Waals surface area contributed by atoms with Gasteiger partial charge in [-0.3, -0.25) is 0 Å². The number of pyridine rings is 1. The molecule has 3 nitrogen and oxygen atoms in total. The normalized spacial score (nSPS) is 16.7. The largest absolute Gasteiger partial charge is 0.381 e. The van der Waals surface area contributed by atoms with Crippen LogP contribution in [0.2, 0.25) is 0 Å². The molecule has 1 aliphatic rings. The van der Waals surface area contributed by atoms with Crippen LogP contribution in [0.3, 0.4) is 0 Å². The van der Waals surface area contributed by atoms with Crippen LogP contribution in [-0.4, -0.2) is 24.7 Å². The molecule has 0 atom stereocenters. The quantitative estimate of drug-likeness (QED) is 0.933. The van der Waals surface area contributed by atoms with Crippen molar-refractivity contribution in [2.45, 2.75) is 12.8 Å². The SMILES string of the molecule is Brc1cccc2c(NCC3CCOCC3)nccc12. The maximum absolute atomic E-state index is 5.39. The van der Waals surface area contributed by atoms with Crippen LogP contribution in [0.5, 0.6) is 0 Å². The third-order valence-electron chi connectivity index (χ3n) is 3.65. The topological polar surface area (TPSA) is 34.1 Å². The zero-order valence-corrected chi connectivity index (χ0v) is 12.3. The first-order valence-electron chi connectivity index (χ1n) is 6.69. The number of nitrogens with one attached hydrogen (secondary N) is 1. The molecule has 0 amide bonds. The van der Waals surface area contributed by atoms with E-state index in [4.69, 9.17) is 4.74 Å². The van der Waals surface area contributed by atoms with Gasteiger partial charge in [0.05, 0.1) is 0 Å². The predicted octanol–water partition coefficient (Wildman–Crippen LogP) is 3.84. The fourth-order valence-corrected chi connectivity index (χ4v) is 3.00. The average molecular weight is 321 g/mol. The molecule has 0 aliphatic carbocycles. The van der Waals surface area contributed by atoms with Crippen LogP contribution in [0.4, 0.5) is 5.82 Å². The van der Waals surface area contributed by atoms with Crippen molar-refractivity contribution in [1.29, 1.82) is 0 Å². The maximum Gasteiger partial charge on any atom is 0.133 e. The Kier molecular flexibility index (Phi) is 3.99. The van der Waals surface area contributed by atoms with E-state index in [9.17, 15) is 0 Å². The van der Waals surface area contributed by atoms with Crippen LogP contribution in [0.1, 0.15) is 12.8 Å². The molecular weight excluding hydrogens is 304 g/mol. The van der Waals surface area contributed by atoms with Gasteiger partial charge in [-0.1, -0.05) is 28.1 Å². The van der Waals surface area contributed by atoms with Crippen molar-refractivity contribution in [3.05, 3.63) is 34.9 Å². The van der Waals surface area contributed by atoms with E-state index in [-0.39, 0.29) is 0 Å². The van der Waals surface area contributed by atoms with Gasteiger partial charge in [-0.25, -0.2) is 4.98 Å². The highest BCUT2D eigenvalue weighted by atomic mass is 79.9. The molecule has 1 saturated heterocycles. The van der Waals surface area contributed by atoms with E-state index in [1.807, 2.05) is 18.3 Å². The molecule has 2 heterocycles. The molecule has 0 radical (unpaired) electrons. The second-order valence-electron chi connectivity index (χ2n) is 4.93. The monoisotopic (exact) mass is 320 g/mol. The summed E-state index contributed by atoms with van der Waals surface area (Å²) in [5.41, 5.74) is 0. The third-order valence-corrected chi connectivity index (χ3v) is 4.34. The molecule has 2 aromatic rings. The summed E-state index contributed by atoms with van der Waals surface area (Å²) in [6, 6.07) is 8.26. The number of nitrogens with zero attached hydrogens (tertiary/aromatic N) is 1. The summed E-state index contributed by atoms with van der Waals surface area (Å²) < 4.78 is 6.50. The molecule has 0 spiro atoms. The Morgan fingerprint density at radius 1 is 1.21 bits per heavy atom. The molecule has 1 aromatic heterocycles. The molecule has 1 aromatic carbocycles. The number of halogens is 1. The molecule has 0 unspecified atom stereocenters. The minimum atomic E-state index is 0.693. The van der Waals surface area contributed by atoms with Gasteiger partial charge in [-0.15, -0.1) is 0 Å². The summed E-state index contributed by atoms with van der Waals surface area (Å²) in [5, 5.41) is 5.87. The molecule has 0 bridgehead atoms. The van der Waals surface area contributed by atoms with Crippen LogP contribution in [0.15, 0.2) is 34.9 Å². The molecule has 1 N–H and O–H groups in total. The number of rotatable bonds is 3. The second kappa shape index (κ2) is 5.88. The van der Waals surface area contributed by atoms with E-state index in [0.29, 0.717) is 5.92 Å². The average Bonchev–Trinajstić information content (AvgIpc) is 2.47. The van der Waals surface area contributed by atoms with E-state index in [0.717, 1.165) is 42.9 Å². The first-order valence-corrected chi connectivity index (χ1v) is 7.49. The lowest BCUT2D eigenvalue weighted by atomic mass is 10.0. The van der Waals surface area contributed by atoms with Crippen molar-refractivity contribution in [3.63, 3.8) is 0 Å². The Labute approximate surface area is 121 Å². The molecule has 4 heteroatoms. The summed E-state index contributed by atoms with van der Waals surface area (Å²) >= 11 is 3.59. The van der Waals surface area contributed by atoms with Gasteiger partial charge in [0.15, 0.2) is 0 Å². The van der Waals surface area contributed by atoms with Gasteiger partial charge < -0.3 is 10.1 Å². The number of benzene rings is 1. The number of hydrogen-bond donors (Lipinski definition) is 1. The highest BCUT2D eigenvalue weighted by molar-refractivity contribution is 9.10. The zero-order valence-electron chi connectivity index (χ0n) is 10.7. The van der Waals surface area contributed by atoms with Crippen molar-refractivity contribution in [2.75, 3.05) is 25.1 Å². The van der Waals surface area contributed by atoms with Crippen LogP contribution < -0.4 is 5.32 Å². The first-order chi connectivity index (χ1) is 9.34. The number of fused-ring (bicyclic) bond motifs is 1. The first kappa shape index (κ1) is 12.9. The van der Waals surface area contributed by atoms with Gasteiger partial charge >= 0.3 is 0 Å². The molecule has 3 rings (SSSR count). The Morgan fingerprint density at radius 2 is 2.05 bits per heavy atom. The summed E-state index contributed by atoms with van der Waals surface area (Å²) in [7, 11) is 0. The summed E-state index contributed by atoms with van der Waals surface area (Å²) in [5.74, 6) is 1.67. The number of aromatic nitrogens is 1. The van der Waals surface area contributed by atoms with Gasteiger partial charge in [0.1, 0.15) is 5.82 Å². The summed E-state index contributed by atoms with van der Waals surface area (Å²) in [6.45, 7) is 2.75. The lowest BCUT2D eigenvalue weighted by molar-refractivity contribution is 0.0699. The van der Waals surface area contributed by atoms with Gasteiger partial charge in [0.2, 0.25) is 0 Å². The molecule has 1 aliphatic heterocycles. The van der Waals surface area contributed by atoms with Crippen LogP contribution in [0.25, 0.3) is 10.8 Å². The molecule has 0 saturated carbocycles. The van der Waals surface area contributed by atoms with Crippen LogP contribution >= 0.6 is 15.9 Å². The summed E-state index contributed by atoms with van der Waals surface area (Å²) in [4.78, 5) is 4.47. The lowest BCUT2D eigenvalue weighted by Gasteiger charge is -2.22. The third kappa shape index (κ3) is 2.90. The van der Waals surface area contributed by atoms with Crippen molar-refractivity contribution in [3.8, 4) is 0 Å². The van der Waals surface area contributed by atoms with E-state index in [1.54, 1.807) is 0 Å². The standard InChI is InChI=1S/C15H17BrN2O/c16-14-3-1-2-13-12(14)4-7-17-15(13)18-10-11-5-8-19-9-6-11/h1-4,7,11H,5-6,8-10H2,(H,17,18). The Balaban J connectivity index is 1.79. The molecule has 100 valence electrons. The van der Waals surface area contributed by atoms with Crippen molar-refractivity contribution in [2.24, 2.45) is 5.92 Å².